The average molecular weight is 618 g/mol. The minimum atomic E-state index is -1.37. The number of aromatic nitrogens is 2. The number of hydrogen-bond donors (Lipinski definition) is 6. The van der Waals surface area contributed by atoms with Crippen LogP contribution >= 0.6 is 0 Å². The normalized spacial score (nSPS) is 15.0. The molecule has 13 nitrogen and oxygen atoms in total. The van der Waals surface area contributed by atoms with Crippen molar-refractivity contribution in [2.45, 2.75) is 70.2 Å². The number of H-pyrrole nitrogens is 1. The fraction of sp³-hybridized carbons (Fsp3) is 0.375. The number of aryl methyl sites for hydroxylation is 1. The number of carboxylic acid groups (broad SMARTS) is 2. The van der Waals surface area contributed by atoms with Gasteiger partial charge in [-0.3, -0.25) is 14.4 Å². The number of fused-ring (bicyclic) bond motifs is 2. The Morgan fingerprint density at radius 3 is 2.40 bits per heavy atom. The Kier molecular flexibility index (Phi) is 10.5. The number of amides is 2. The number of rotatable bonds is 14. The van der Waals surface area contributed by atoms with Crippen LogP contribution in [0.3, 0.4) is 0 Å². The first-order chi connectivity index (χ1) is 21.6. The molecule has 1 aromatic heterocycles. The van der Waals surface area contributed by atoms with Gasteiger partial charge in [0.05, 0.1) is 23.5 Å². The van der Waals surface area contributed by atoms with E-state index >= 15 is 0 Å². The van der Waals surface area contributed by atoms with Gasteiger partial charge < -0.3 is 35.8 Å². The molecule has 2 aromatic carbocycles. The van der Waals surface area contributed by atoms with Gasteiger partial charge in [0.25, 0.3) is 11.5 Å². The fourth-order valence-electron chi connectivity index (χ4n) is 5.54. The first-order valence-electron chi connectivity index (χ1n) is 14.6. The standard InChI is InChI=1S/C32H35N5O8/c1-3-5-23(31(42)43)34-28(39)13-11-24(32(44)45)35-29(40)18-6-9-20(10-7-18)37(14-4-2)26-12-8-19-15-25-22(16-21(19)26)30(41)36-27(17-38)33-25/h2,6-7,9-10,15-16,23-24,26,38H,3,5,8,11-14,17H2,1H3,(H,34,39)(H,35,40)(H,42,43)(H,44,45)(H,33,36,41)/t23-,24+,26+/m1/s1. The summed E-state index contributed by atoms with van der Waals surface area (Å²) in [5.74, 6) is -0.913. The maximum atomic E-state index is 12.9. The smallest absolute Gasteiger partial charge is 0.326 e. The first-order valence-corrected chi connectivity index (χ1v) is 14.6. The predicted molar refractivity (Wildman–Crippen MR) is 165 cm³/mol. The van der Waals surface area contributed by atoms with Crippen molar-refractivity contribution in [2.75, 3.05) is 11.4 Å². The number of carbonyl (C=O) groups excluding carboxylic acids is 2. The highest BCUT2D eigenvalue weighted by atomic mass is 16.4. The Morgan fingerprint density at radius 1 is 1.09 bits per heavy atom. The molecule has 1 aliphatic carbocycles. The van der Waals surface area contributed by atoms with Crippen LogP contribution in [0.25, 0.3) is 10.9 Å². The average Bonchev–Trinajstić information content (AvgIpc) is 3.42. The van der Waals surface area contributed by atoms with E-state index in [1.807, 2.05) is 11.0 Å². The number of aliphatic carboxylic acids is 2. The van der Waals surface area contributed by atoms with Crippen molar-refractivity contribution in [2.24, 2.45) is 0 Å². The number of aliphatic hydroxyl groups excluding tert-OH is 1. The van der Waals surface area contributed by atoms with Crippen LogP contribution in [0, 0.1) is 12.3 Å². The van der Waals surface area contributed by atoms with Crippen LogP contribution in [0.1, 0.15) is 72.4 Å². The number of aromatic amines is 1. The summed E-state index contributed by atoms with van der Waals surface area (Å²) in [6.45, 7) is 1.65. The maximum Gasteiger partial charge on any atom is 0.326 e. The highest BCUT2D eigenvalue weighted by molar-refractivity contribution is 5.97. The molecule has 6 N–H and O–H groups in total. The maximum absolute atomic E-state index is 12.9. The van der Waals surface area contributed by atoms with E-state index in [9.17, 15) is 39.3 Å². The molecule has 0 unspecified atom stereocenters. The molecule has 45 heavy (non-hydrogen) atoms. The summed E-state index contributed by atoms with van der Waals surface area (Å²) in [4.78, 5) is 69.8. The zero-order valence-electron chi connectivity index (χ0n) is 24.7. The molecule has 1 heterocycles. The van der Waals surface area contributed by atoms with E-state index in [2.05, 4.69) is 26.5 Å². The lowest BCUT2D eigenvalue weighted by Crippen LogP contribution is -2.43. The molecule has 0 saturated carbocycles. The zero-order valence-corrected chi connectivity index (χ0v) is 24.7. The van der Waals surface area contributed by atoms with Crippen LogP contribution in [-0.2, 0) is 27.4 Å². The van der Waals surface area contributed by atoms with Crippen molar-refractivity contribution >= 4 is 40.3 Å². The van der Waals surface area contributed by atoms with E-state index in [1.54, 1.807) is 37.3 Å². The first kappa shape index (κ1) is 32.7. The van der Waals surface area contributed by atoms with Gasteiger partial charge in [-0.05, 0) is 73.2 Å². The van der Waals surface area contributed by atoms with Gasteiger partial charge in [0.2, 0.25) is 5.91 Å². The van der Waals surface area contributed by atoms with Crippen molar-refractivity contribution < 1.29 is 34.5 Å². The lowest BCUT2D eigenvalue weighted by molar-refractivity contribution is -0.142. The minimum absolute atomic E-state index is 0.155. The Morgan fingerprint density at radius 2 is 1.78 bits per heavy atom. The molecule has 0 saturated heterocycles. The van der Waals surface area contributed by atoms with Crippen LogP contribution in [0.2, 0.25) is 0 Å². The number of benzene rings is 2. The van der Waals surface area contributed by atoms with Gasteiger partial charge in [-0.2, -0.15) is 0 Å². The van der Waals surface area contributed by atoms with Gasteiger partial charge in [-0.15, -0.1) is 6.42 Å². The largest absolute Gasteiger partial charge is 0.480 e. The van der Waals surface area contributed by atoms with Gasteiger partial charge in [0.15, 0.2) is 0 Å². The number of anilines is 1. The number of carbonyl (C=O) groups is 4. The number of terminal acetylenes is 1. The molecule has 4 rings (SSSR count). The summed E-state index contributed by atoms with van der Waals surface area (Å²) in [5, 5.41) is 33.4. The molecule has 1 aliphatic rings. The summed E-state index contributed by atoms with van der Waals surface area (Å²) in [6, 6.07) is 7.57. The van der Waals surface area contributed by atoms with E-state index < -0.39 is 35.8 Å². The molecule has 0 spiro atoms. The van der Waals surface area contributed by atoms with E-state index in [-0.39, 0.29) is 55.4 Å². The highest BCUT2D eigenvalue weighted by Gasteiger charge is 2.30. The zero-order chi connectivity index (χ0) is 32.7. The molecule has 236 valence electrons. The number of aliphatic hydroxyl groups is 1. The Balaban J connectivity index is 1.46. The molecular weight excluding hydrogens is 582 g/mol. The number of carboxylic acids is 2. The van der Waals surface area contributed by atoms with E-state index in [4.69, 9.17) is 6.42 Å². The van der Waals surface area contributed by atoms with Crippen LogP contribution in [0.5, 0.6) is 0 Å². The number of nitrogens with one attached hydrogen (secondary N) is 3. The van der Waals surface area contributed by atoms with Crippen molar-refractivity contribution in [3.05, 3.63) is 69.3 Å². The van der Waals surface area contributed by atoms with Gasteiger partial charge in [-0.25, -0.2) is 14.6 Å². The summed E-state index contributed by atoms with van der Waals surface area (Å²) in [5.41, 5.74) is 3.02. The van der Waals surface area contributed by atoms with Gasteiger partial charge in [0, 0.05) is 17.7 Å². The Bertz CT molecular complexity index is 1690. The third kappa shape index (κ3) is 7.66. The van der Waals surface area contributed by atoms with Gasteiger partial charge >= 0.3 is 11.9 Å². The molecule has 2 amide bonds. The van der Waals surface area contributed by atoms with Crippen molar-refractivity contribution in [3.8, 4) is 12.3 Å². The lowest BCUT2D eigenvalue weighted by Gasteiger charge is -2.30. The van der Waals surface area contributed by atoms with E-state index in [1.165, 1.54) is 0 Å². The molecule has 0 aliphatic heterocycles. The second-order valence-corrected chi connectivity index (χ2v) is 10.8. The van der Waals surface area contributed by atoms with Crippen LogP contribution in [0.4, 0.5) is 5.69 Å². The predicted octanol–water partition coefficient (Wildman–Crippen LogP) is 1.88. The molecule has 0 bridgehead atoms. The topological polar surface area (TPSA) is 202 Å². The Labute approximate surface area is 258 Å². The SMILES string of the molecule is C#CCN(c1ccc(C(=O)N[C@@H](CCC(=O)N[C@H](CCC)C(=O)O)C(=O)O)cc1)[C@H]1CCc2cc3nc(CO)[nH]c(=O)c3cc21. The highest BCUT2D eigenvalue weighted by Crippen LogP contribution is 2.39. The monoisotopic (exact) mass is 617 g/mol. The lowest BCUT2D eigenvalue weighted by atomic mass is 10.0. The van der Waals surface area contributed by atoms with Crippen molar-refractivity contribution in [3.63, 3.8) is 0 Å². The van der Waals surface area contributed by atoms with Crippen LogP contribution in [0.15, 0.2) is 41.2 Å². The minimum Gasteiger partial charge on any atom is -0.480 e. The van der Waals surface area contributed by atoms with E-state index in [0.29, 0.717) is 17.3 Å². The third-order valence-corrected chi connectivity index (χ3v) is 7.78. The van der Waals surface area contributed by atoms with Gasteiger partial charge in [0.1, 0.15) is 24.5 Å². The Hall–Kier alpha value is -5.22. The van der Waals surface area contributed by atoms with Crippen LogP contribution < -0.4 is 21.1 Å². The molecular formula is C32H35N5O8. The summed E-state index contributed by atoms with van der Waals surface area (Å²) in [6.07, 6.45) is 7.43. The molecule has 13 heteroatoms. The molecule has 0 radical (unpaired) electrons. The molecule has 3 aromatic rings. The number of nitrogens with zero attached hydrogens (tertiary/aromatic N) is 2. The second-order valence-electron chi connectivity index (χ2n) is 10.8. The summed E-state index contributed by atoms with van der Waals surface area (Å²) < 4.78 is 0. The summed E-state index contributed by atoms with van der Waals surface area (Å²) in [7, 11) is 0. The van der Waals surface area contributed by atoms with Crippen LogP contribution in [-0.4, -0.2) is 67.7 Å². The quantitative estimate of drug-likeness (QED) is 0.145. The third-order valence-electron chi connectivity index (χ3n) is 7.78. The van der Waals surface area contributed by atoms with Crippen molar-refractivity contribution in [1.29, 1.82) is 0 Å². The molecule has 3 atom stereocenters. The second kappa shape index (κ2) is 14.5. The van der Waals surface area contributed by atoms with E-state index in [0.717, 1.165) is 29.7 Å². The summed E-state index contributed by atoms with van der Waals surface area (Å²) >= 11 is 0. The van der Waals surface area contributed by atoms with Gasteiger partial charge in [-0.1, -0.05) is 19.3 Å². The number of hydrogen-bond acceptors (Lipinski definition) is 8. The van der Waals surface area contributed by atoms with Crippen molar-refractivity contribution in [1.82, 2.24) is 20.6 Å². The molecule has 0 fully saturated rings. The fourth-order valence-corrected chi connectivity index (χ4v) is 5.54.